The zero-order valence-electron chi connectivity index (χ0n) is 12.1. The molecule has 4 nitrogen and oxygen atoms in total. The average Bonchev–Trinajstić information content (AvgIpc) is 3.05. The molecule has 0 saturated heterocycles. The van der Waals surface area contributed by atoms with Crippen LogP contribution in [-0.2, 0) is 4.79 Å². The van der Waals surface area contributed by atoms with Crippen molar-refractivity contribution in [3.05, 3.63) is 51.6 Å². The van der Waals surface area contributed by atoms with Crippen LogP contribution in [0, 0.1) is 13.8 Å². The van der Waals surface area contributed by atoms with E-state index in [1.807, 2.05) is 37.4 Å². The van der Waals surface area contributed by atoms with E-state index in [2.05, 4.69) is 5.32 Å². The number of aliphatic hydroxyl groups excluding tert-OH is 1. The first kappa shape index (κ1) is 15.5. The molecule has 0 aliphatic heterocycles. The van der Waals surface area contributed by atoms with Crippen LogP contribution in [0.2, 0.25) is 0 Å². The lowest BCUT2D eigenvalue weighted by molar-refractivity contribution is -0.116. The molecule has 0 aliphatic carbocycles. The highest BCUT2D eigenvalue weighted by Crippen LogP contribution is 2.23. The predicted octanol–water partition coefficient (Wildman–Crippen LogP) is 3.21. The minimum atomic E-state index is -0.621. The Hall–Kier alpha value is -1.85. The van der Waals surface area contributed by atoms with Crippen molar-refractivity contribution >= 4 is 23.3 Å². The van der Waals surface area contributed by atoms with Crippen molar-refractivity contribution in [3.63, 3.8) is 0 Å². The number of hydrogen-bond acceptors (Lipinski definition) is 4. The van der Waals surface area contributed by atoms with Gasteiger partial charge in [0.05, 0.1) is 6.10 Å². The van der Waals surface area contributed by atoms with Crippen LogP contribution >= 0.6 is 11.3 Å². The largest absolute Gasteiger partial charge is 0.466 e. The summed E-state index contributed by atoms with van der Waals surface area (Å²) in [5, 5.41) is 14.8. The molecular formula is C16H19NO3S. The van der Waals surface area contributed by atoms with Crippen LogP contribution in [0.25, 0.3) is 6.08 Å². The van der Waals surface area contributed by atoms with Crippen molar-refractivity contribution in [3.8, 4) is 0 Å². The fraction of sp³-hybridized carbons (Fsp3) is 0.312. The average molecular weight is 305 g/mol. The van der Waals surface area contributed by atoms with Gasteiger partial charge < -0.3 is 14.8 Å². The molecule has 0 saturated carbocycles. The van der Waals surface area contributed by atoms with Gasteiger partial charge in [-0.15, -0.1) is 11.3 Å². The number of amides is 1. The molecule has 0 spiro atoms. The number of nitrogens with one attached hydrogen (secondary N) is 1. The summed E-state index contributed by atoms with van der Waals surface area (Å²) in [6.07, 6.45) is 3.12. The lowest BCUT2D eigenvalue weighted by atomic mass is 10.1. The Morgan fingerprint density at radius 1 is 1.52 bits per heavy atom. The summed E-state index contributed by atoms with van der Waals surface area (Å²) in [5.74, 6) is 1.35. The molecule has 112 valence electrons. The summed E-state index contributed by atoms with van der Waals surface area (Å²) < 4.78 is 5.39. The third kappa shape index (κ3) is 4.58. The quantitative estimate of drug-likeness (QED) is 0.806. The second kappa shape index (κ2) is 7.24. The summed E-state index contributed by atoms with van der Waals surface area (Å²) in [5.41, 5.74) is 0.788. The third-order valence-electron chi connectivity index (χ3n) is 3.10. The minimum absolute atomic E-state index is 0.157. The van der Waals surface area contributed by atoms with Gasteiger partial charge in [-0.2, -0.15) is 0 Å². The van der Waals surface area contributed by atoms with Crippen LogP contribution in [0.4, 0.5) is 0 Å². The summed E-state index contributed by atoms with van der Waals surface area (Å²) in [4.78, 5) is 12.7. The first-order valence-corrected chi connectivity index (χ1v) is 7.68. The van der Waals surface area contributed by atoms with E-state index in [1.165, 1.54) is 6.08 Å². The summed E-state index contributed by atoms with van der Waals surface area (Å²) in [6.45, 7) is 4.09. The molecule has 0 bridgehead atoms. The molecule has 2 heterocycles. The molecule has 2 aromatic rings. The van der Waals surface area contributed by atoms with E-state index >= 15 is 0 Å². The highest BCUT2D eigenvalue weighted by atomic mass is 32.1. The Bertz CT molecular complexity index is 614. The topological polar surface area (TPSA) is 62.5 Å². The Labute approximate surface area is 128 Å². The predicted molar refractivity (Wildman–Crippen MR) is 84.1 cm³/mol. The first-order valence-electron chi connectivity index (χ1n) is 6.80. The van der Waals surface area contributed by atoms with Crippen LogP contribution in [0.3, 0.4) is 0 Å². The van der Waals surface area contributed by atoms with Gasteiger partial charge in [-0.1, -0.05) is 6.07 Å². The van der Waals surface area contributed by atoms with Crippen LogP contribution in [0.15, 0.2) is 34.1 Å². The number of carbonyl (C=O) groups excluding carboxylic acids is 1. The van der Waals surface area contributed by atoms with Gasteiger partial charge in [-0.05, 0) is 43.9 Å². The maximum absolute atomic E-state index is 11.6. The number of rotatable bonds is 6. The van der Waals surface area contributed by atoms with Crippen LogP contribution in [-0.4, -0.2) is 17.6 Å². The monoisotopic (exact) mass is 305 g/mol. The summed E-state index contributed by atoms with van der Waals surface area (Å²) >= 11 is 1.58. The van der Waals surface area contributed by atoms with E-state index < -0.39 is 6.10 Å². The second-order valence-corrected chi connectivity index (χ2v) is 5.79. The Morgan fingerprint density at radius 2 is 2.33 bits per heavy atom. The van der Waals surface area contributed by atoms with Gasteiger partial charge in [-0.3, -0.25) is 4.79 Å². The lowest BCUT2D eigenvalue weighted by Gasteiger charge is -2.09. The van der Waals surface area contributed by atoms with E-state index in [0.29, 0.717) is 13.0 Å². The van der Waals surface area contributed by atoms with E-state index in [1.54, 1.807) is 17.4 Å². The lowest BCUT2D eigenvalue weighted by Crippen LogP contribution is -2.23. The van der Waals surface area contributed by atoms with Crippen molar-refractivity contribution in [2.75, 3.05) is 6.54 Å². The van der Waals surface area contributed by atoms with E-state index in [9.17, 15) is 9.90 Å². The molecule has 1 amide bonds. The molecule has 0 aromatic carbocycles. The molecule has 0 fully saturated rings. The zero-order valence-corrected chi connectivity index (χ0v) is 12.9. The first-order chi connectivity index (χ1) is 10.1. The van der Waals surface area contributed by atoms with Crippen LogP contribution in [0.1, 0.15) is 34.5 Å². The van der Waals surface area contributed by atoms with Crippen molar-refractivity contribution in [2.45, 2.75) is 26.4 Å². The normalized spacial score (nSPS) is 12.7. The Balaban J connectivity index is 1.76. The van der Waals surface area contributed by atoms with E-state index in [0.717, 1.165) is 22.0 Å². The molecule has 2 N–H and O–H groups in total. The number of furan rings is 1. The maximum atomic E-state index is 11.6. The van der Waals surface area contributed by atoms with Gasteiger partial charge in [0.1, 0.15) is 11.5 Å². The molecule has 2 rings (SSSR count). The van der Waals surface area contributed by atoms with Gasteiger partial charge in [0, 0.05) is 23.1 Å². The second-order valence-electron chi connectivity index (χ2n) is 4.81. The molecule has 2 aromatic heterocycles. The van der Waals surface area contributed by atoms with Crippen LogP contribution < -0.4 is 5.32 Å². The third-order valence-corrected chi connectivity index (χ3v) is 3.94. The molecule has 21 heavy (non-hydrogen) atoms. The minimum Gasteiger partial charge on any atom is -0.466 e. The van der Waals surface area contributed by atoms with Gasteiger partial charge >= 0.3 is 0 Å². The van der Waals surface area contributed by atoms with Gasteiger partial charge in [0.15, 0.2) is 0 Å². The molecular weight excluding hydrogens is 286 g/mol. The fourth-order valence-electron chi connectivity index (χ4n) is 2.07. The van der Waals surface area contributed by atoms with Gasteiger partial charge in [-0.25, -0.2) is 0 Å². The number of carbonyl (C=O) groups is 1. The van der Waals surface area contributed by atoms with Crippen molar-refractivity contribution in [2.24, 2.45) is 0 Å². The summed E-state index contributed by atoms with van der Waals surface area (Å²) in [7, 11) is 0. The van der Waals surface area contributed by atoms with Gasteiger partial charge in [0.2, 0.25) is 5.91 Å². The highest BCUT2D eigenvalue weighted by molar-refractivity contribution is 7.10. The van der Waals surface area contributed by atoms with E-state index in [-0.39, 0.29) is 5.91 Å². The molecule has 1 atom stereocenters. The van der Waals surface area contributed by atoms with E-state index in [4.69, 9.17) is 4.42 Å². The number of thiophene rings is 1. The standard InChI is InChI=1S/C16H19NO3S/c1-11-10-14(12(2)20-11)15(18)7-8-17-16(19)6-5-13-4-3-9-21-13/h3-6,9-10,15,18H,7-8H2,1-2H3,(H,17,19)/b6-5+/t15-/m0/s1. The Kier molecular flexibility index (Phi) is 5.36. The van der Waals surface area contributed by atoms with Crippen LogP contribution in [0.5, 0.6) is 0 Å². The fourth-order valence-corrected chi connectivity index (χ4v) is 2.69. The Morgan fingerprint density at radius 3 is 2.95 bits per heavy atom. The molecule has 5 heteroatoms. The molecule has 0 aliphatic rings. The highest BCUT2D eigenvalue weighted by Gasteiger charge is 2.14. The van der Waals surface area contributed by atoms with Crippen molar-refractivity contribution in [1.29, 1.82) is 0 Å². The number of aryl methyl sites for hydroxylation is 2. The SMILES string of the molecule is Cc1cc([C@@H](O)CCNC(=O)/C=C/c2cccs2)c(C)o1. The van der Waals surface area contributed by atoms with Gasteiger partial charge in [0.25, 0.3) is 0 Å². The smallest absolute Gasteiger partial charge is 0.244 e. The number of aliphatic hydroxyl groups is 1. The molecule has 0 radical (unpaired) electrons. The van der Waals surface area contributed by atoms with Crippen molar-refractivity contribution < 1.29 is 14.3 Å². The number of hydrogen-bond donors (Lipinski definition) is 2. The van der Waals surface area contributed by atoms with Crippen molar-refractivity contribution in [1.82, 2.24) is 5.32 Å². The zero-order chi connectivity index (χ0) is 15.2. The maximum Gasteiger partial charge on any atom is 0.244 e. The molecule has 0 unspecified atom stereocenters. The summed E-state index contributed by atoms with van der Waals surface area (Å²) in [6, 6.07) is 5.72.